The van der Waals surface area contributed by atoms with Crippen LogP contribution in [0.1, 0.15) is 17.0 Å². The lowest BCUT2D eigenvalue weighted by Crippen LogP contribution is -2.16. The van der Waals surface area contributed by atoms with E-state index in [-0.39, 0.29) is 0 Å². The first-order valence-electron chi connectivity index (χ1n) is 7.16. The lowest BCUT2D eigenvalue weighted by molar-refractivity contribution is 0.415. The van der Waals surface area contributed by atoms with Gasteiger partial charge in [0.25, 0.3) is 0 Å². The number of rotatable bonds is 6. The van der Waals surface area contributed by atoms with Gasteiger partial charge in [0.15, 0.2) is 0 Å². The molecule has 0 aliphatic heterocycles. The summed E-state index contributed by atoms with van der Waals surface area (Å²) in [5, 5.41) is 4.65. The summed E-state index contributed by atoms with van der Waals surface area (Å²) in [7, 11) is 1.70. The number of nitrogens with one attached hydrogen (secondary N) is 2. The van der Waals surface area contributed by atoms with Crippen molar-refractivity contribution in [1.29, 1.82) is 0 Å². The summed E-state index contributed by atoms with van der Waals surface area (Å²) in [6.07, 6.45) is 2.67. The Kier molecular flexibility index (Phi) is 3.97. The quantitative estimate of drug-likeness (QED) is 0.682. The summed E-state index contributed by atoms with van der Waals surface area (Å²) in [4.78, 5) is 3.43. The Labute approximate surface area is 124 Å². The summed E-state index contributed by atoms with van der Waals surface area (Å²) < 4.78 is 10.6. The van der Waals surface area contributed by atoms with Crippen LogP contribution in [-0.4, -0.2) is 18.6 Å². The number of methoxy groups -OCH3 is 1. The Morgan fingerprint density at radius 3 is 2.95 bits per heavy atom. The third kappa shape index (κ3) is 2.95. The van der Waals surface area contributed by atoms with Gasteiger partial charge in [0, 0.05) is 16.6 Å². The van der Waals surface area contributed by atoms with E-state index < -0.39 is 0 Å². The lowest BCUT2D eigenvalue weighted by atomic mass is 10.1. The van der Waals surface area contributed by atoms with Gasteiger partial charge in [-0.05, 0) is 55.8 Å². The molecular weight excluding hydrogens is 264 g/mol. The zero-order valence-electron chi connectivity index (χ0n) is 12.4. The number of aryl methyl sites for hydroxylation is 1. The van der Waals surface area contributed by atoms with Crippen LogP contribution in [0.5, 0.6) is 5.75 Å². The highest BCUT2D eigenvalue weighted by molar-refractivity contribution is 5.86. The number of aromatic nitrogens is 1. The van der Waals surface area contributed by atoms with Crippen LogP contribution in [0.4, 0.5) is 0 Å². The van der Waals surface area contributed by atoms with Crippen LogP contribution in [0.15, 0.2) is 41.0 Å². The van der Waals surface area contributed by atoms with E-state index in [0.29, 0.717) is 0 Å². The summed E-state index contributed by atoms with van der Waals surface area (Å²) >= 11 is 0. The molecule has 0 bridgehead atoms. The lowest BCUT2D eigenvalue weighted by Gasteiger charge is -2.05. The molecular formula is C17H20N2O2. The van der Waals surface area contributed by atoms with E-state index in [1.165, 1.54) is 16.6 Å². The normalized spacial score (nSPS) is 11.1. The fourth-order valence-corrected chi connectivity index (χ4v) is 2.65. The van der Waals surface area contributed by atoms with E-state index in [1.54, 1.807) is 13.4 Å². The molecule has 0 saturated carbocycles. The predicted octanol–water partition coefficient (Wildman–Crippen LogP) is 3.41. The van der Waals surface area contributed by atoms with Crippen molar-refractivity contribution in [2.45, 2.75) is 19.9 Å². The molecule has 0 saturated heterocycles. The molecule has 0 radical (unpaired) electrons. The minimum atomic E-state index is 0.762. The van der Waals surface area contributed by atoms with E-state index in [1.807, 2.05) is 18.2 Å². The maximum Gasteiger partial charge on any atom is 0.119 e. The van der Waals surface area contributed by atoms with Gasteiger partial charge >= 0.3 is 0 Å². The van der Waals surface area contributed by atoms with Gasteiger partial charge in [-0.15, -0.1) is 0 Å². The molecule has 1 aromatic carbocycles. The summed E-state index contributed by atoms with van der Waals surface area (Å²) in [6.45, 7) is 3.79. The number of hydrogen-bond donors (Lipinski definition) is 2. The highest BCUT2D eigenvalue weighted by Gasteiger charge is 2.09. The molecule has 0 spiro atoms. The van der Waals surface area contributed by atoms with Crippen molar-refractivity contribution in [1.82, 2.24) is 10.3 Å². The first-order valence-corrected chi connectivity index (χ1v) is 7.16. The Bertz CT molecular complexity index is 714. The number of hydrogen-bond acceptors (Lipinski definition) is 3. The van der Waals surface area contributed by atoms with Crippen LogP contribution in [0.2, 0.25) is 0 Å². The van der Waals surface area contributed by atoms with E-state index in [0.717, 1.165) is 36.5 Å². The summed E-state index contributed by atoms with van der Waals surface area (Å²) in [5.41, 5.74) is 3.73. The van der Waals surface area contributed by atoms with Crippen molar-refractivity contribution in [2.75, 3.05) is 13.7 Å². The molecule has 0 unspecified atom stereocenters. The van der Waals surface area contributed by atoms with Gasteiger partial charge in [0.05, 0.1) is 19.9 Å². The minimum absolute atomic E-state index is 0.762. The van der Waals surface area contributed by atoms with Crippen molar-refractivity contribution >= 4 is 10.9 Å². The average Bonchev–Trinajstić information content (AvgIpc) is 3.11. The van der Waals surface area contributed by atoms with Crippen molar-refractivity contribution in [3.63, 3.8) is 0 Å². The average molecular weight is 284 g/mol. The highest BCUT2D eigenvalue weighted by Crippen LogP contribution is 2.26. The first-order chi connectivity index (χ1) is 10.3. The maximum atomic E-state index is 5.32. The molecule has 0 aliphatic carbocycles. The van der Waals surface area contributed by atoms with Crippen LogP contribution in [0.25, 0.3) is 10.9 Å². The summed E-state index contributed by atoms with van der Waals surface area (Å²) in [5.74, 6) is 1.86. The number of furan rings is 1. The van der Waals surface area contributed by atoms with Crippen LogP contribution < -0.4 is 10.1 Å². The zero-order valence-corrected chi connectivity index (χ0v) is 12.4. The maximum absolute atomic E-state index is 5.32. The first kappa shape index (κ1) is 13.8. The molecule has 4 heteroatoms. The molecule has 2 N–H and O–H groups in total. The van der Waals surface area contributed by atoms with E-state index in [9.17, 15) is 0 Å². The van der Waals surface area contributed by atoms with Crippen LogP contribution in [-0.2, 0) is 13.0 Å². The van der Waals surface area contributed by atoms with Crippen molar-refractivity contribution in [3.05, 3.63) is 53.6 Å². The molecule has 2 heterocycles. The molecule has 110 valence electrons. The van der Waals surface area contributed by atoms with Gasteiger partial charge in [0.1, 0.15) is 11.5 Å². The van der Waals surface area contributed by atoms with Gasteiger partial charge in [-0.2, -0.15) is 0 Å². The molecule has 0 aliphatic rings. The minimum Gasteiger partial charge on any atom is -0.497 e. The van der Waals surface area contributed by atoms with Crippen molar-refractivity contribution in [3.8, 4) is 5.75 Å². The fourth-order valence-electron chi connectivity index (χ4n) is 2.65. The van der Waals surface area contributed by atoms with Gasteiger partial charge in [0.2, 0.25) is 0 Å². The Morgan fingerprint density at radius 2 is 2.19 bits per heavy atom. The SMILES string of the molecule is COc1ccc2[nH]c(C)c(CCNCc3ccco3)c2c1. The highest BCUT2D eigenvalue weighted by atomic mass is 16.5. The Morgan fingerprint density at radius 1 is 1.29 bits per heavy atom. The second-order valence-electron chi connectivity index (χ2n) is 5.15. The second-order valence-corrected chi connectivity index (χ2v) is 5.15. The smallest absolute Gasteiger partial charge is 0.119 e. The van der Waals surface area contributed by atoms with Gasteiger partial charge in [-0.25, -0.2) is 0 Å². The monoisotopic (exact) mass is 284 g/mol. The van der Waals surface area contributed by atoms with Gasteiger partial charge in [-0.1, -0.05) is 0 Å². The van der Waals surface area contributed by atoms with E-state index in [4.69, 9.17) is 9.15 Å². The summed E-state index contributed by atoms with van der Waals surface area (Å²) in [6, 6.07) is 10.0. The zero-order chi connectivity index (χ0) is 14.7. The molecule has 0 fully saturated rings. The number of ether oxygens (including phenoxy) is 1. The third-order valence-electron chi connectivity index (χ3n) is 3.76. The molecule has 3 aromatic rings. The Balaban J connectivity index is 1.69. The van der Waals surface area contributed by atoms with Crippen LogP contribution in [0.3, 0.4) is 0 Å². The van der Waals surface area contributed by atoms with Gasteiger partial charge in [-0.3, -0.25) is 0 Å². The number of benzene rings is 1. The topological polar surface area (TPSA) is 50.2 Å². The molecule has 4 nitrogen and oxygen atoms in total. The Hall–Kier alpha value is -2.20. The number of H-pyrrole nitrogens is 1. The largest absolute Gasteiger partial charge is 0.497 e. The molecule has 3 rings (SSSR count). The van der Waals surface area contributed by atoms with Crippen molar-refractivity contribution in [2.24, 2.45) is 0 Å². The molecule has 21 heavy (non-hydrogen) atoms. The predicted molar refractivity (Wildman–Crippen MR) is 83.7 cm³/mol. The van der Waals surface area contributed by atoms with Crippen LogP contribution in [0, 0.1) is 6.92 Å². The molecule has 0 amide bonds. The van der Waals surface area contributed by atoms with Gasteiger partial charge < -0.3 is 19.5 Å². The second kappa shape index (κ2) is 6.06. The third-order valence-corrected chi connectivity index (χ3v) is 3.76. The number of fused-ring (bicyclic) bond motifs is 1. The number of aromatic amines is 1. The van der Waals surface area contributed by atoms with Crippen LogP contribution >= 0.6 is 0 Å². The molecule has 2 aromatic heterocycles. The fraction of sp³-hybridized carbons (Fsp3) is 0.294. The standard InChI is InChI=1S/C17H20N2O2/c1-12-15(7-8-18-11-14-4-3-9-21-14)16-10-13(20-2)5-6-17(16)19-12/h3-6,9-10,18-19H,7-8,11H2,1-2H3. The van der Waals surface area contributed by atoms with E-state index >= 15 is 0 Å². The van der Waals surface area contributed by atoms with E-state index in [2.05, 4.69) is 29.4 Å². The van der Waals surface area contributed by atoms with Crippen molar-refractivity contribution < 1.29 is 9.15 Å². The molecule has 0 atom stereocenters.